The van der Waals surface area contributed by atoms with Crippen LogP contribution in [0.2, 0.25) is 0 Å². The molecule has 0 aliphatic heterocycles. The fourth-order valence-electron chi connectivity index (χ4n) is 3.06. The number of benzene rings is 3. The molecular formula is C23H20BrN3O. The highest BCUT2D eigenvalue weighted by Gasteiger charge is 2.21. The number of nitrogens with zero attached hydrogens (tertiary/aromatic N) is 2. The highest BCUT2D eigenvalue weighted by atomic mass is 79.9. The van der Waals surface area contributed by atoms with E-state index in [2.05, 4.69) is 67.8 Å². The maximum absolute atomic E-state index is 6.02. The molecule has 1 aromatic heterocycles. The molecule has 0 aliphatic carbocycles. The Balaban J connectivity index is 1.56. The van der Waals surface area contributed by atoms with E-state index >= 15 is 0 Å². The van der Waals surface area contributed by atoms with Gasteiger partial charge in [-0.1, -0.05) is 76.6 Å². The van der Waals surface area contributed by atoms with Gasteiger partial charge in [0.15, 0.2) is 0 Å². The summed E-state index contributed by atoms with van der Waals surface area (Å²) in [6.07, 6.45) is 0.924. The summed E-state index contributed by atoms with van der Waals surface area (Å²) in [5.41, 5.74) is 3.29. The lowest BCUT2D eigenvalue weighted by Crippen LogP contribution is -2.25. The van der Waals surface area contributed by atoms with Gasteiger partial charge in [0, 0.05) is 16.6 Å². The third kappa shape index (κ3) is 4.55. The molecular weight excluding hydrogens is 414 g/mol. The van der Waals surface area contributed by atoms with Gasteiger partial charge in [0.1, 0.15) is 6.04 Å². The monoisotopic (exact) mass is 433 g/mol. The Morgan fingerprint density at radius 2 is 1.50 bits per heavy atom. The van der Waals surface area contributed by atoms with Gasteiger partial charge in [0.25, 0.3) is 0 Å². The number of hydrogen-bond acceptors (Lipinski definition) is 4. The van der Waals surface area contributed by atoms with Gasteiger partial charge in [-0.25, -0.2) is 0 Å². The minimum absolute atomic E-state index is 0.165. The van der Waals surface area contributed by atoms with Gasteiger partial charge in [0.05, 0.1) is 0 Å². The van der Waals surface area contributed by atoms with Crippen LogP contribution >= 0.6 is 15.9 Å². The van der Waals surface area contributed by atoms with Crippen LogP contribution in [0, 0.1) is 0 Å². The Labute approximate surface area is 172 Å². The van der Waals surface area contributed by atoms with Gasteiger partial charge in [-0.3, -0.25) is 0 Å². The summed E-state index contributed by atoms with van der Waals surface area (Å²) in [6, 6.07) is 28.3. The van der Waals surface area contributed by atoms with Crippen molar-refractivity contribution < 1.29 is 4.42 Å². The minimum atomic E-state index is -0.165. The van der Waals surface area contributed by atoms with Crippen molar-refractivity contribution in [2.75, 3.05) is 6.54 Å². The van der Waals surface area contributed by atoms with Crippen molar-refractivity contribution >= 4 is 15.9 Å². The Kier molecular flexibility index (Phi) is 5.95. The number of rotatable bonds is 7. The van der Waals surface area contributed by atoms with E-state index in [1.54, 1.807) is 0 Å². The smallest absolute Gasteiger partial charge is 0.247 e. The second-order valence-corrected chi connectivity index (χ2v) is 7.40. The van der Waals surface area contributed by atoms with E-state index in [9.17, 15) is 0 Å². The van der Waals surface area contributed by atoms with E-state index < -0.39 is 0 Å². The Hall–Kier alpha value is -2.76. The molecule has 28 heavy (non-hydrogen) atoms. The number of aromatic nitrogens is 2. The van der Waals surface area contributed by atoms with Gasteiger partial charge in [0.2, 0.25) is 11.8 Å². The molecule has 4 aromatic rings. The lowest BCUT2D eigenvalue weighted by atomic mass is 10.1. The highest BCUT2D eigenvalue weighted by molar-refractivity contribution is 9.10. The molecule has 0 bridgehead atoms. The molecule has 4 nitrogen and oxygen atoms in total. The first-order valence-electron chi connectivity index (χ1n) is 9.21. The Morgan fingerprint density at radius 3 is 2.21 bits per heavy atom. The van der Waals surface area contributed by atoms with Gasteiger partial charge >= 0.3 is 0 Å². The summed E-state index contributed by atoms with van der Waals surface area (Å²) in [4.78, 5) is 0. The Bertz CT molecular complexity index is 1000. The number of nitrogens with one attached hydrogen (secondary N) is 1. The standard InChI is InChI=1S/C23H20BrN3O/c24-20-13-11-18(12-14-20)21(25-16-15-17-7-3-1-4-8-17)23-27-26-22(28-23)19-9-5-2-6-10-19/h1-14,21,25H,15-16H2/t21-/m1/s1. The van der Waals surface area contributed by atoms with Gasteiger partial charge < -0.3 is 9.73 Å². The topological polar surface area (TPSA) is 51.0 Å². The average Bonchev–Trinajstić information content (AvgIpc) is 3.23. The van der Waals surface area contributed by atoms with E-state index in [-0.39, 0.29) is 6.04 Å². The molecule has 3 aromatic carbocycles. The SMILES string of the molecule is Brc1ccc([C@@H](NCCc2ccccc2)c2nnc(-c3ccccc3)o2)cc1. The first kappa shape index (κ1) is 18.6. The van der Waals surface area contributed by atoms with Crippen LogP contribution in [0.25, 0.3) is 11.5 Å². The third-order valence-corrected chi connectivity index (χ3v) is 5.05. The van der Waals surface area contributed by atoms with Crippen molar-refractivity contribution in [1.29, 1.82) is 0 Å². The van der Waals surface area contributed by atoms with Crippen molar-refractivity contribution in [2.24, 2.45) is 0 Å². The van der Waals surface area contributed by atoms with Gasteiger partial charge in [-0.15, -0.1) is 10.2 Å². The molecule has 4 rings (SSSR count). The fraction of sp³-hybridized carbons (Fsp3) is 0.130. The van der Waals surface area contributed by atoms with Crippen LogP contribution in [0.5, 0.6) is 0 Å². The van der Waals surface area contributed by atoms with E-state index in [0.29, 0.717) is 11.8 Å². The van der Waals surface area contributed by atoms with Crippen molar-refractivity contribution in [2.45, 2.75) is 12.5 Å². The molecule has 1 atom stereocenters. The van der Waals surface area contributed by atoms with Gasteiger partial charge in [-0.05, 0) is 41.8 Å². The zero-order valence-electron chi connectivity index (χ0n) is 15.3. The van der Waals surface area contributed by atoms with Crippen LogP contribution < -0.4 is 5.32 Å². The van der Waals surface area contributed by atoms with Crippen molar-refractivity contribution in [3.8, 4) is 11.5 Å². The predicted molar refractivity (Wildman–Crippen MR) is 114 cm³/mol. The molecule has 0 unspecified atom stereocenters. The molecule has 1 heterocycles. The second-order valence-electron chi connectivity index (χ2n) is 6.49. The van der Waals surface area contributed by atoms with Crippen molar-refractivity contribution in [1.82, 2.24) is 15.5 Å². The molecule has 0 aliphatic rings. The fourth-order valence-corrected chi connectivity index (χ4v) is 3.32. The van der Waals surface area contributed by atoms with E-state index in [4.69, 9.17) is 4.42 Å². The molecule has 0 saturated carbocycles. The summed E-state index contributed by atoms with van der Waals surface area (Å²) >= 11 is 3.50. The lowest BCUT2D eigenvalue weighted by Gasteiger charge is -2.16. The summed E-state index contributed by atoms with van der Waals surface area (Å²) < 4.78 is 7.06. The van der Waals surface area contributed by atoms with E-state index in [0.717, 1.165) is 28.6 Å². The first-order valence-corrected chi connectivity index (χ1v) is 10.0. The summed E-state index contributed by atoms with van der Waals surface area (Å²) in [5, 5.41) is 12.2. The molecule has 0 amide bonds. The van der Waals surface area contributed by atoms with Crippen molar-refractivity contribution in [3.63, 3.8) is 0 Å². The number of hydrogen-bond donors (Lipinski definition) is 1. The normalized spacial score (nSPS) is 12.0. The maximum Gasteiger partial charge on any atom is 0.247 e. The largest absolute Gasteiger partial charge is 0.419 e. The van der Waals surface area contributed by atoms with Crippen LogP contribution in [0.1, 0.15) is 23.1 Å². The molecule has 0 fully saturated rings. The second kappa shape index (κ2) is 8.95. The first-order chi connectivity index (χ1) is 13.8. The molecule has 0 radical (unpaired) electrons. The van der Waals surface area contributed by atoms with E-state index in [1.165, 1.54) is 5.56 Å². The lowest BCUT2D eigenvalue weighted by molar-refractivity contribution is 0.440. The highest BCUT2D eigenvalue weighted by Crippen LogP contribution is 2.26. The van der Waals surface area contributed by atoms with Crippen LogP contribution in [-0.2, 0) is 6.42 Å². The predicted octanol–water partition coefficient (Wildman–Crippen LogP) is 5.42. The summed E-state index contributed by atoms with van der Waals surface area (Å²) in [5.74, 6) is 1.09. The zero-order valence-corrected chi connectivity index (χ0v) is 16.8. The molecule has 0 saturated heterocycles. The quantitative estimate of drug-likeness (QED) is 0.422. The molecule has 0 spiro atoms. The van der Waals surface area contributed by atoms with Crippen LogP contribution in [0.15, 0.2) is 93.8 Å². The van der Waals surface area contributed by atoms with Gasteiger partial charge in [-0.2, -0.15) is 0 Å². The summed E-state index contributed by atoms with van der Waals surface area (Å²) in [7, 11) is 0. The van der Waals surface area contributed by atoms with E-state index in [1.807, 2.05) is 48.5 Å². The Morgan fingerprint density at radius 1 is 0.821 bits per heavy atom. The third-order valence-electron chi connectivity index (χ3n) is 4.52. The number of halogens is 1. The van der Waals surface area contributed by atoms with Crippen molar-refractivity contribution in [3.05, 3.63) is 106 Å². The molecule has 5 heteroatoms. The van der Waals surface area contributed by atoms with Crippen LogP contribution in [0.3, 0.4) is 0 Å². The molecule has 140 valence electrons. The summed E-state index contributed by atoms with van der Waals surface area (Å²) in [6.45, 7) is 0.799. The maximum atomic E-state index is 6.02. The molecule has 1 N–H and O–H groups in total. The minimum Gasteiger partial charge on any atom is -0.419 e. The average molecular weight is 434 g/mol. The van der Waals surface area contributed by atoms with Crippen LogP contribution in [-0.4, -0.2) is 16.7 Å². The zero-order chi connectivity index (χ0) is 19.2. The van der Waals surface area contributed by atoms with Crippen LogP contribution in [0.4, 0.5) is 0 Å².